The lowest BCUT2D eigenvalue weighted by molar-refractivity contribution is -0.228. The zero-order chi connectivity index (χ0) is 32.0. The molecule has 0 aromatic heterocycles. The van der Waals surface area contributed by atoms with E-state index in [9.17, 15) is 4.79 Å². The molecular formula is C36H54N4O7. The molecule has 0 spiro atoms. The Morgan fingerprint density at radius 3 is 1.72 bits per heavy atom. The van der Waals surface area contributed by atoms with Crippen LogP contribution in [0.4, 0.5) is 11.4 Å². The third kappa shape index (κ3) is 7.97. The van der Waals surface area contributed by atoms with Crippen molar-refractivity contribution in [2.45, 2.75) is 71.2 Å². The maximum Gasteiger partial charge on any atom is 0.209 e. The van der Waals surface area contributed by atoms with Crippen LogP contribution in [0.2, 0.25) is 0 Å². The van der Waals surface area contributed by atoms with Crippen molar-refractivity contribution in [2.24, 2.45) is 9.98 Å². The van der Waals surface area contributed by atoms with Gasteiger partial charge in [-0.25, -0.2) is 0 Å². The van der Waals surface area contributed by atoms with E-state index >= 15 is 0 Å². The van der Waals surface area contributed by atoms with Crippen LogP contribution < -0.4 is 18.9 Å². The third-order valence-corrected chi connectivity index (χ3v) is 9.23. The standard InChI is InChI=1S/C18H26N2O4.C16H20N2O3.2CH4/c1-21-16-9-14-15(10-17(16)22-2)19-11-13-7-5-6-8-20(13)12-18(14,23-3)24-4;1-20-15-7-12-13(8-16(15)21-2)17-9-11-5-3-4-6-18(11)10-14(12)19;;/h9-11,13H,5-8,12H2,1-4H3;7-9,11H,3-6,10H2,1-2H3;2*1H4/t13-;11-;;/m00../s1. The number of benzene rings is 2. The summed E-state index contributed by atoms with van der Waals surface area (Å²) in [6.45, 7) is 3.08. The first-order valence-electron chi connectivity index (χ1n) is 15.6. The van der Waals surface area contributed by atoms with E-state index in [0.29, 0.717) is 53.4 Å². The minimum absolute atomic E-state index is 0. The fraction of sp³-hybridized carbons (Fsp3) is 0.583. The van der Waals surface area contributed by atoms with Gasteiger partial charge in [-0.05, 0) is 50.9 Å². The van der Waals surface area contributed by atoms with Crippen LogP contribution in [0, 0.1) is 0 Å². The molecule has 2 saturated heterocycles. The highest BCUT2D eigenvalue weighted by molar-refractivity contribution is 6.04. The molecule has 6 rings (SSSR count). The van der Waals surface area contributed by atoms with Gasteiger partial charge in [0.1, 0.15) is 0 Å². The summed E-state index contributed by atoms with van der Waals surface area (Å²) >= 11 is 0. The van der Waals surface area contributed by atoms with Crippen LogP contribution in [-0.2, 0) is 15.3 Å². The minimum atomic E-state index is -0.887. The predicted molar refractivity (Wildman–Crippen MR) is 187 cm³/mol. The summed E-state index contributed by atoms with van der Waals surface area (Å²) in [4.78, 5) is 26.5. The molecule has 0 unspecified atom stereocenters. The van der Waals surface area contributed by atoms with Crippen LogP contribution in [0.25, 0.3) is 0 Å². The monoisotopic (exact) mass is 654 g/mol. The van der Waals surface area contributed by atoms with Crippen molar-refractivity contribution >= 4 is 29.6 Å². The van der Waals surface area contributed by atoms with Crippen molar-refractivity contribution in [3.63, 3.8) is 0 Å². The second-order valence-corrected chi connectivity index (χ2v) is 11.7. The summed E-state index contributed by atoms with van der Waals surface area (Å²) in [6, 6.07) is 7.88. The molecule has 0 bridgehead atoms. The molecule has 11 nitrogen and oxygen atoms in total. The summed E-state index contributed by atoms with van der Waals surface area (Å²) in [5, 5.41) is 0. The van der Waals surface area contributed by atoms with Crippen molar-refractivity contribution in [1.82, 2.24) is 9.80 Å². The molecule has 2 atom stereocenters. The number of hydrogen-bond donors (Lipinski definition) is 0. The number of rotatable bonds is 6. The Kier molecular flexibility index (Phi) is 13.8. The molecule has 260 valence electrons. The molecule has 11 heteroatoms. The summed E-state index contributed by atoms with van der Waals surface area (Å²) in [5.41, 5.74) is 2.92. The molecule has 0 amide bonds. The van der Waals surface area contributed by atoms with E-state index in [1.165, 1.54) is 19.3 Å². The molecule has 4 heterocycles. The number of piperidine rings is 2. The molecule has 4 aliphatic heterocycles. The van der Waals surface area contributed by atoms with Gasteiger partial charge in [-0.3, -0.25) is 24.6 Å². The lowest BCUT2D eigenvalue weighted by atomic mass is 9.96. The van der Waals surface area contributed by atoms with Gasteiger partial charge in [-0.15, -0.1) is 0 Å². The van der Waals surface area contributed by atoms with Gasteiger partial charge in [0.05, 0.1) is 52.9 Å². The number of methoxy groups -OCH3 is 6. The molecule has 0 saturated carbocycles. The van der Waals surface area contributed by atoms with Crippen molar-refractivity contribution in [3.8, 4) is 23.0 Å². The Balaban J connectivity index is 0.000000247. The van der Waals surface area contributed by atoms with Gasteiger partial charge < -0.3 is 28.4 Å². The SMILES string of the molecule is C.C.COc1cc2c(cc1OC)C(=O)CN1CCCC[C@H]1C=N2.COc1cc2c(cc1OC)C(OC)(OC)CN1CCCC[C@H]1C=N2. The quantitative estimate of drug-likeness (QED) is 0.325. The number of aliphatic imine (C=N–C) groups is 2. The maximum absolute atomic E-state index is 12.6. The summed E-state index contributed by atoms with van der Waals surface area (Å²) in [5.74, 6) is 1.66. The molecule has 2 aromatic rings. The largest absolute Gasteiger partial charge is 0.493 e. The van der Waals surface area contributed by atoms with Crippen LogP contribution >= 0.6 is 0 Å². The number of carbonyl (C=O) groups is 1. The number of nitrogens with zero attached hydrogens (tertiary/aromatic N) is 4. The highest BCUT2D eigenvalue weighted by Gasteiger charge is 2.41. The molecule has 0 aliphatic carbocycles. The van der Waals surface area contributed by atoms with Gasteiger partial charge in [0.2, 0.25) is 5.79 Å². The number of Topliss-reactive ketones (excluding diaryl/α,β-unsaturated/α-hetero) is 1. The molecule has 0 radical (unpaired) electrons. The van der Waals surface area contributed by atoms with Gasteiger partial charge in [-0.2, -0.15) is 0 Å². The minimum Gasteiger partial charge on any atom is -0.493 e. The second kappa shape index (κ2) is 17.1. The first-order valence-corrected chi connectivity index (χ1v) is 15.6. The highest BCUT2D eigenvalue weighted by Crippen LogP contribution is 2.43. The Morgan fingerprint density at radius 1 is 0.660 bits per heavy atom. The van der Waals surface area contributed by atoms with Crippen molar-refractivity contribution < 1.29 is 33.2 Å². The third-order valence-electron chi connectivity index (χ3n) is 9.23. The fourth-order valence-electron chi connectivity index (χ4n) is 6.63. The summed E-state index contributed by atoms with van der Waals surface area (Å²) < 4.78 is 33.2. The number of hydrogen-bond acceptors (Lipinski definition) is 11. The fourth-order valence-corrected chi connectivity index (χ4v) is 6.63. The molecule has 2 fully saturated rings. The van der Waals surface area contributed by atoms with E-state index in [-0.39, 0.29) is 26.7 Å². The van der Waals surface area contributed by atoms with Gasteiger partial charge in [0, 0.05) is 62.0 Å². The van der Waals surface area contributed by atoms with Gasteiger partial charge in [0.25, 0.3) is 0 Å². The van der Waals surface area contributed by atoms with Crippen LogP contribution in [0.5, 0.6) is 23.0 Å². The Morgan fingerprint density at radius 2 is 1.15 bits per heavy atom. The predicted octanol–water partition coefficient (Wildman–Crippen LogP) is 6.45. The molecular weight excluding hydrogens is 600 g/mol. The second-order valence-electron chi connectivity index (χ2n) is 11.7. The Labute approximate surface area is 280 Å². The van der Waals surface area contributed by atoms with E-state index in [2.05, 4.69) is 14.8 Å². The van der Waals surface area contributed by atoms with Crippen molar-refractivity contribution in [1.29, 1.82) is 0 Å². The zero-order valence-electron chi connectivity index (χ0n) is 27.3. The normalized spacial score (nSPS) is 21.5. The topological polar surface area (TPSA) is 104 Å². The average molecular weight is 655 g/mol. The van der Waals surface area contributed by atoms with E-state index in [4.69, 9.17) is 33.4 Å². The number of ketones is 1. The Hall–Kier alpha value is -3.51. The first kappa shape index (κ1) is 37.9. The van der Waals surface area contributed by atoms with Crippen molar-refractivity contribution in [2.75, 3.05) is 68.8 Å². The summed E-state index contributed by atoms with van der Waals surface area (Å²) in [7, 11) is 9.75. The Bertz CT molecular complexity index is 1410. The van der Waals surface area contributed by atoms with Gasteiger partial charge in [-0.1, -0.05) is 27.7 Å². The number of ether oxygens (including phenoxy) is 6. The molecule has 4 aliphatic rings. The summed E-state index contributed by atoms with van der Waals surface area (Å²) in [6.07, 6.45) is 10.9. The van der Waals surface area contributed by atoms with Crippen molar-refractivity contribution in [3.05, 3.63) is 35.4 Å². The number of carbonyl (C=O) groups excluding carboxylic acids is 1. The van der Waals surface area contributed by atoms with Crippen LogP contribution in [0.3, 0.4) is 0 Å². The van der Waals surface area contributed by atoms with Crippen LogP contribution in [0.15, 0.2) is 34.3 Å². The zero-order valence-corrected chi connectivity index (χ0v) is 27.3. The van der Waals surface area contributed by atoms with E-state index in [1.807, 2.05) is 24.6 Å². The lowest BCUT2D eigenvalue weighted by Gasteiger charge is -2.42. The molecule has 47 heavy (non-hydrogen) atoms. The molecule has 0 N–H and O–H groups in total. The smallest absolute Gasteiger partial charge is 0.209 e. The molecule has 2 aromatic carbocycles. The average Bonchev–Trinajstić information content (AvgIpc) is 3.07. The van der Waals surface area contributed by atoms with E-state index in [1.54, 1.807) is 54.8 Å². The van der Waals surface area contributed by atoms with E-state index in [0.717, 1.165) is 43.6 Å². The highest BCUT2D eigenvalue weighted by atomic mass is 16.7. The van der Waals surface area contributed by atoms with Crippen LogP contribution in [0.1, 0.15) is 69.3 Å². The lowest BCUT2D eigenvalue weighted by Crippen LogP contribution is -2.51. The van der Waals surface area contributed by atoms with Crippen LogP contribution in [-0.4, -0.2) is 109 Å². The van der Waals surface area contributed by atoms with Gasteiger partial charge in [0.15, 0.2) is 28.8 Å². The maximum atomic E-state index is 12.6. The van der Waals surface area contributed by atoms with Gasteiger partial charge >= 0.3 is 0 Å². The number of fused-ring (bicyclic) bond motifs is 4. The van der Waals surface area contributed by atoms with E-state index < -0.39 is 5.79 Å². The first-order chi connectivity index (χ1) is 21.9.